The van der Waals surface area contributed by atoms with E-state index in [0.717, 1.165) is 6.07 Å². The smallest absolute Gasteiger partial charge is 0.411 e. The maximum atomic E-state index is 12.9. The Morgan fingerprint density at radius 3 is 2.38 bits per heavy atom. The van der Waals surface area contributed by atoms with Gasteiger partial charge in [0.25, 0.3) is 5.69 Å². The van der Waals surface area contributed by atoms with Crippen LogP contribution in [-0.2, 0) is 0 Å². The molecule has 1 aliphatic carbocycles. The average Bonchev–Trinajstić information content (AvgIpc) is 3.07. The zero-order chi connectivity index (χ0) is 15.8. The van der Waals surface area contributed by atoms with Crippen LogP contribution in [0.5, 0.6) is 5.75 Å². The van der Waals surface area contributed by atoms with Crippen LogP contribution in [0.2, 0.25) is 0 Å². The molecule has 0 saturated heterocycles. The summed E-state index contributed by atoms with van der Waals surface area (Å²) in [5, 5.41) is 13.2. The van der Waals surface area contributed by atoms with Crippen LogP contribution in [0.4, 0.5) is 24.5 Å². The summed E-state index contributed by atoms with van der Waals surface area (Å²) in [4.78, 5) is 10.2. The van der Waals surface area contributed by atoms with E-state index in [2.05, 4.69) is 5.32 Å². The van der Waals surface area contributed by atoms with Crippen molar-refractivity contribution in [2.75, 3.05) is 5.32 Å². The molecule has 0 atom stereocenters. The van der Waals surface area contributed by atoms with E-state index in [-0.39, 0.29) is 36.1 Å². The normalized spacial score (nSPS) is 16.7. The van der Waals surface area contributed by atoms with Gasteiger partial charge in [-0.05, 0) is 26.7 Å². The van der Waals surface area contributed by atoms with Crippen molar-refractivity contribution in [3.8, 4) is 5.75 Å². The lowest BCUT2D eigenvalue weighted by Crippen LogP contribution is -2.38. The molecule has 0 aromatic heterocycles. The molecular formula is C13H15F3N2O3. The molecule has 21 heavy (non-hydrogen) atoms. The Bertz CT molecular complexity index is 554. The van der Waals surface area contributed by atoms with Crippen LogP contribution in [0.15, 0.2) is 18.2 Å². The highest BCUT2D eigenvalue weighted by atomic mass is 19.4. The van der Waals surface area contributed by atoms with Crippen LogP contribution < -0.4 is 10.1 Å². The number of nitro groups is 1. The predicted octanol–water partition coefficient (Wildman–Crippen LogP) is 3.89. The molecule has 1 fully saturated rings. The van der Waals surface area contributed by atoms with Crippen molar-refractivity contribution in [2.24, 2.45) is 0 Å². The van der Waals surface area contributed by atoms with Gasteiger partial charge in [-0.3, -0.25) is 10.1 Å². The van der Waals surface area contributed by atoms with E-state index < -0.39 is 16.6 Å². The molecule has 0 aliphatic heterocycles. The van der Waals surface area contributed by atoms with Gasteiger partial charge in [0.05, 0.1) is 17.1 Å². The van der Waals surface area contributed by atoms with Crippen molar-refractivity contribution in [2.45, 2.75) is 44.5 Å². The highest BCUT2D eigenvalue weighted by Crippen LogP contribution is 2.51. The predicted molar refractivity (Wildman–Crippen MR) is 70.5 cm³/mol. The highest BCUT2D eigenvalue weighted by Gasteiger charge is 2.63. The summed E-state index contributed by atoms with van der Waals surface area (Å²) in [6.45, 7) is 3.45. The summed E-state index contributed by atoms with van der Waals surface area (Å²) in [6, 6.07) is 3.62. The molecule has 0 spiro atoms. The number of rotatable bonds is 5. The summed E-state index contributed by atoms with van der Waals surface area (Å²) in [5.74, 6) is 0.166. The minimum Gasteiger partial charge on any atom is -0.491 e. The quantitative estimate of drug-likeness (QED) is 0.662. The van der Waals surface area contributed by atoms with Crippen molar-refractivity contribution in [1.82, 2.24) is 0 Å². The number of non-ortho nitro benzene ring substituents is 1. The topological polar surface area (TPSA) is 64.4 Å². The molecule has 0 radical (unpaired) electrons. The maximum Gasteiger partial charge on any atom is 0.411 e. The van der Waals surface area contributed by atoms with Gasteiger partial charge in [0.1, 0.15) is 11.3 Å². The molecule has 1 aliphatic rings. The zero-order valence-electron chi connectivity index (χ0n) is 11.5. The first kappa shape index (κ1) is 15.4. The molecule has 1 aromatic rings. The molecule has 0 unspecified atom stereocenters. The van der Waals surface area contributed by atoms with Crippen molar-refractivity contribution < 1.29 is 22.8 Å². The minimum absolute atomic E-state index is 0.0367. The molecule has 8 heteroatoms. The van der Waals surface area contributed by atoms with Gasteiger partial charge in [-0.25, -0.2) is 0 Å². The van der Waals surface area contributed by atoms with E-state index >= 15 is 0 Å². The summed E-state index contributed by atoms with van der Waals surface area (Å²) in [5.41, 5.74) is -2.25. The number of alkyl halides is 3. The molecule has 1 aromatic carbocycles. The van der Waals surface area contributed by atoms with Gasteiger partial charge in [0.15, 0.2) is 0 Å². The lowest BCUT2D eigenvalue weighted by molar-refractivity contribution is -0.384. The fourth-order valence-electron chi connectivity index (χ4n) is 1.98. The monoisotopic (exact) mass is 304 g/mol. The molecular weight excluding hydrogens is 289 g/mol. The summed E-state index contributed by atoms with van der Waals surface area (Å²) < 4.78 is 44.1. The van der Waals surface area contributed by atoms with Crippen LogP contribution >= 0.6 is 0 Å². The molecule has 1 saturated carbocycles. The van der Waals surface area contributed by atoms with E-state index in [1.165, 1.54) is 12.1 Å². The highest BCUT2D eigenvalue weighted by molar-refractivity contribution is 5.58. The Labute approximate surface area is 119 Å². The third-order valence-electron chi connectivity index (χ3n) is 3.15. The number of ether oxygens (including phenoxy) is 1. The summed E-state index contributed by atoms with van der Waals surface area (Å²) in [6.07, 6.45) is -4.71. The SMILES string of the molecule is CC(C)Oc1cc(NC2(C(F)(F)F)CC2)cc([N+](=O)[O-])c1. The third kappa shape index (κ3) is 3.37. The zero-order valence-corrected chi connectivity index (χ0v) is 11.5. The molecule has 1 N–H and O–H groups in total. The van der Waals surface area contributed by atoms with Gasteiger partial charge in [-0.15, -0.1) is 0 Å². The second-order valence-corrected chi connectivity index (χ2v) is 5.34. The van der Waals surface area contributed by atoms with Crippen LogP contribution in [0.3, 0.4) is 0 Å². The Morgan fingerprint density at radius 2 is 1.95 bits per heavy atom. The molecule has 116 valence electrons. The van der Waals surface area contributed by atoms with Crippen LogP contribution in [-0.4, -0.2) is 22.7 Å². The van der Waals surface area contributed by atoms with Gasteiger partial charge in [-0.2, -0.15) is 13.2 Å². The number of hydrogen-bond donors (Lipinski definition) is 1. The van der Waals surface area contributed by atoms with E-state index in [4.69, 9.17) is 4.74 Å². The summed E-state index contributed by atoms with van der Waals surface area (Å²) >= 11 is 0. The largest absolute Gasteiger partial charge is 0.491 e. The lowest BCUT2D eigenvalue weighted by Gasteiger charge is -2.22. The number of halogens is 3. The molecule has 0 amide bonds. The molecule has 0 heterocycles. The first-order valence-electron chi connectivity index (χ1n) is 6.44. The molecule has 0 bridgehead atoms. The van der Waals surface area contributed by atoms with Crippen LogP contribution in [0.25, 0.3) is 0 Å². The Hall–Kier alpha value is -1.99. The maximum absolute atomic E-state index is 12.9. The van der Waals surface area contributed by atoms with Gasteiger partial charge in [0, 0.05) is 17.8 Å². The van der Waals surface area contributed by atoms with Crippen LogP contribution in [0.1, 0.15) is 26.7 Å². The minimum atomic E-state index is -4.39. The first-order valence-corrected chi connectivity index (χ1v) is 6.44. The van der Waals surface area contributed by atoms with E-state index in [1.54, 1.807) is 13.8 Å². The Kier molecular flexibility index (Phi) is 3.73. The van der Waals surface area contributed by atoms with Gasteiger partial charge < -0.3 is 10.1 Å². The fraction of sp³-hybridized carbons (Fsp3) is 0.538. The second kappa shape index (κ2) is 5.09. The summed E-state index contributed by atoms with van der Waals surface area (Å²) in [7, 11) is 0. The number of nitrogens with one attached hydrogen (secondary N) is 1. The van der Waals surface area contributed by atoms with Gasteiger partial charge in [0.2, 0.25) is 0 Å². The van der Waals surface area contributed by atoms with Crippen molar-refractivity contribution in [1.29, 1.82) is 0 Å². The van der Waals surface area contributed by atoms with Crippen molar-refractivity contribution >= 4 is 11.4 Å². The van der Waals surface area contributed by atoms with E-state index in [9.17, 15) is 23.3 Å². The first-order chi connectivity index (χ1) is 9.63. The number of hydrogen-bond acceptors (Lipinski definition) is 4. The van der Waals surface area contributed by atoms with Crippen molar-refractivity contribution in [3.05, 3.63) is 28.3 Å². The number of nitro benzene ring substituents is 1. The molecule has 2 rings (SSSR count). The number of anilines is 1. The number of benzene rings is 1. The standard InChI is InChI=1S/C13H15F3N2O3/c1-8(2)21-11-6-9(5-10(7-11)18(19)20)17-12(3-4-12)13(14,15)16/h5-8,17H,3-4H2,1-2H3. The lowest BCUT2D eigenvalue weighted by atomic mass is 10.2. The van der Waals surface area contributed by atoms with Gasteiger partial charge in [-0.1, -0.05) is 0 Å². The van der Waals surface area contributed by atoms with Crippen LogP contribution in [0, 0.1) is 10.1 Å². The van der Waals surface area contributed by atoms with Crippen molar-refractivity contribution in [3.63, 3.8) is 0 Å². The fourth-order valence-corrected chi connectivity index (χ4v) is 1.98. The van der Waals surface area contributed by atoms with E-state index in [1.807, 2.05) is 0 Å². The van der Waals surface area contributed by atoms with Gasteiger partial charge >= 0.3 is 6.18 Å². The number of nitrogens with zero attached hydrogens (tertiary/aromatic N) is 1. The van der Waals surface area contributed by atoms with E-state index in [0.29, 0.717) is 0 Å². The second-order valence-electron chi connectivity index (χ2n) is 5.34. The Morgan fingerprint density at radius 1 is 1.33 bits per heavy atom. The average molecular weight is 304 g/mol. The Balaban J connectivity index is 2.30. The third-order valence-corrected chi connectivity index (χ3v) is 3.15. The molecule has 5 nitrogen and oxygen atoms in total.